The van der Waals surface area contributed by atoms with Gasteiger partial charge >= 0.3 is 0 Å². The summed E-state index contributed by atoms with van der Waals surface area (Å²) in [6, 6.07) is 46.7. The highest BCUT2D eigenvalue weighted by molar-refractivity contribution is 7.26. The lowest BCUT2D eigenvalue weighted by molar-refractivity contribution is 1.17. The van der Waals surface area contributed by atoms with Gasteiger partial charge in [0.05, 0.1) is 27.8 Å². The molecule has 0 N–H and O–H groups in total. The van der Waals surface area contributed by atoms with Gasteiger partial charge < -0.3 is 9.13 Å². The summed E-state index contributed by atoms with van der Waals surface area (Å²) in [5, 5.41) is 7.69. The molecule has 0 unspecified atom stereocenters. The molecule has 0 aliphatic carbocycles. The van der Waals surface area contributed by atoms with Crippen LogP contribution in [0.15, 0.2) is 163 Å². The Morgan fingerprint density at radius 3 is 2.06 bits per heavy atom. The molecule has 6 aromatic carbocycles. The number of thiophene rings is 1. The SMILES string of the molecule is C\C=C/C=C\C(C)=N\C(=C/C)c1ccc(-n2c3cc4c5ccccc5n(-c5ccccc5)c4cc3c3c4sc5ccccc5c4ccc32)cc1. The van der Waals surface area contributed by atoms with E-state index in [1.165, 1.54) is 69.5 Å². The predicted octanol–water partition coefficient (Wildman–Crippen LogP) is 13.2. The van der Waals surface area contributed by atoms with Gasteiger partial charge in [-0.05, 0) is 87.0 Å². The van der Waals surface area contributed by atoms with Crippen molar-refractivity contribution in [2.75, 3.05) is 0 Å². The summed E-state index contributed by atoms with van der Waals surface area (Å²) in [6.45, 7) is 6.11. The summed E-state index contributed by atoms with van der Waals surface area (Å²) in [5.41, 5.74) is 10.2. The van der Waals surface area contributed by atoms with Crippen LogP contribution in [-0.2, 0) is 0 Å². The Morgan fingerprint density at radius 2 is 1.26 bits per heavy atom. The van der Waals surface area contributed by atoms with E-state index in [9.17, 15) is 0 Å². The van der Waals surface area contributed by atoms with E-state index in [2.05, 4.69) is 150 Å². The van der Waals surface area contributed by atoms with Crippen molar-refractivity contribution in [1.82, 2.24) is 9.13 Å². The zero-order chi connectivity index (χ0) is 33.8. The third kappa shape index (κ3) is 4.75. The molecule has 3 heterocycles. The average molecular weight is 662 g/mol. The molecule has 0 amide bonds. The standard InChI is InChI=1S/C46H35N3S/c1-4-6-8-15-30(3)47-39(5-2)31-22-24-33(25-23-31)49-41-27-26-36-35-19-12-14-21-44(35)50-46(36)45(41)38-29-42-37(28-43(38)49)34-18-11-13-20-40(34)48(42)32-16-9-7-10-17-32/h4-29H,1-3H3/b6-4-,15-8-,39-5-,47-30+. The van der Waals surface area contributed by atoms with Crippen LogP contribution in [0.3, 0.4) is 0 Å². The largest absolute Gasteiger partial charge is 0.309 e. The van der Waals surface area contributed by atoms with Crippen LogP contribution in [0.25, 0.3) is 80.9 Å². The number of nitrogens with zero attached hydrogens (tertiary/aromatic N) is 3. The quantitative estimate of drug-likeness (QED) is 0.125. The number of rotatable bonds is 6. The first-order valence-electron chi connectivity index (χ1n) is 17.1. The Bertz CT molecular complexity index is 2870. The van der Waals surface area contributed by atoms with E-state index in [0.717, 1.165) is 22.7 Å². The zero-order valence-corrected chi connectivity index (χ0v) is 29.1. The summed E-state index contributed by atoms with van der Waals surface area (Å²) in [7, 11) is 0. The first kappa shape index (κ1) is 30.1. The number of benzene rings is 6. The van der Waals surface area contributed by atoms with Crippen molar-refractivity contribution < 1.29 is 0 Å². The minimum atomic E-state index is 0.962. The van der Waals surface area contributed by atoms with Crippen LogP contribution in [0.4, 0.5) is 0 Å². The Kier molecular flexibility index (Phi) is 7.33. The molecule has 0 fully saturated rings. The van der Waals surface area contributed by atoms with Crippen LogP contribution in [0, 0.1) is 0 Å². The summed E-state index contributed by atoms with van der Waals surface area (Å²) < 4.78 is 7.52. The Hall–Kier alpha value is -5.97. The van der Waals surface area contributed by atoms with Gasteiger partial charge in [0.2, 0.25) is 0 Å². The van der Waals surface area contributed by atoms with Gasteiger partial charge in [-0.3, -0.25) is 4.99 Å². The average Bonchev–Trinajstić information content (AvgIpc) is 3.81. The van der Waals surface area contributed by atoms with Gasteiger partial charge in [0.1, 0.15) is 0 Å². The van der Waals surface area contributed by atoms with Gasteiger partial charge in [0.25, 0.3) is 0 Å². The number of hydrogen-bond donors (Lipinski definition) is 0. The molecular weight excluding hydrogens is 627 g/mol. The number of hydrogen-bond acceptors (Lipinski definition) is 2. The lowest BCUT2D eigenvalue weighted by Crippen LogP contribution is -1.95. The van der Waals surface area contributed by atoms with Crippen molar-refractivity contribution in [3.63, 3.8) is 0 Å². The van der Waals surface area contributed by atoms with Gasteiger partial charge in [-0.15, -0.1) is 11.3 Å². The van der Waals surface area contributed by atoms with Gasteiger partial charge in [-0.1, -0.05) is 97.1 Å². The fraction of sp³-hybridized carbons (Fsp3) is 0.0652. The van der Waals surface area contributed by atoms with Crippen molar-refractivity contribution in [2.24, 2.45) is 4.99 Å². The lowest BCUT2D eigenvalue weighted by Gasteiger charge is -2.10. The van der Waals surface area contributed by atoms with E-state index in [0.29, 0.717) is 0 Å². The van der Waals surface area contributed by atoms with Gasteiger partial charge in [0.15, 0.2) is 0 Å². The van der Waals surface area contributed by atoms with E-state index in [1.54, 1.807) is 0 Å². The van der Waals surface area contributed by atoms with Crippen LogP contribution in [-0.4, -0.2) is 14.8 Å². The highest BCUT2D eigenvalue weighted by Crippen LogP contribution is 2.45. The molecule has 240 valence electrons. The Balaban J connectivity index is 1.33. The molecule has 0 aliphatic heterocycles. The van der Waals surface area contributed by atoms with Crippen molar-refractivity contribution in [2.45, 2.75) is 20.8 Å². The lowest BCUT2D eigenvalue weighted by atomic mass is 10.1. The molecule has 3 aromatic heterocycles. The van der Waals surface area contributed by atoms with Crippen molar-refractivity contribution >= 4 is 86.5 Å². The van der Waals surface area contributed by atoms with Crippen molar-refractivity contribution in [3.05, 3.63) is 163 Å². The summed E-state index contributed by atoms with van der Waals surface area (Å²) in [5.74, 6) is 0. The number of aliphatic imine (C=N–C) groups is 1. The first-order valence-corrected chi connectivity index (χ1v) is 17.9. The van der Waals surface area contributed by atoms with E-state index < -0.39 is 0 Å². The van der Waals surface area contributed by atoms with Crippen LogP contribution >= 0.6 is 11.3 Å². The molecule has 0 saturated heterocycles. The third-order valence-corrected chi connectivity index (χ3v) is 10.9. The van der Waals surface area contributed by atoms with Gasteiger partial charge in [-0.25, -0.2) is 0 Å². The van der Waals surface area contributed by atoms with E-state index >= 15 is 0 Å². The second-order valence-corrected chi connectivity index (χ2v) is 13.8. The summed E-state index contributed by atoms with van der Waals surface area (Å²) in [4.78, 5) is 4.92. The molecule has 0 bridgehead atoms. The minimum absolute atomic E-state index is 0.962. The summed E-state index contributed by atoms with van der Waals surface area (Å²) in [6.07, 6.45) is 10.2. The van der Waals surface area contributed by atoms with Gasteiger partial charge in [0, 0.05) is 58.8 Å². The fourth-order valence-corrected chi connectivity index (χ4v) is 8.75. The highest BCUT2D eigenvalue weighted by Gasteiger charge is 2.21. The molecule has 50 heavy (non-hydrogen) atoms. The molecule has 3 nitrogen and oxygen atoms in total. The number of aromatic nitrogens is 2. The number of fused-ring (bicyclic) bond motifs is 10. The van der Waals surface area contributed by atoms with Crippen molar-refractivity contribution in [3.8, 4) is 11.4 Å². The maximum atomic E-state index is 4.92. The Labute approximate surface area is 295 Å². The third-order valence-electron chi connectivity index (χ3n) is 9.71. The van der Waals surface area contributed by atoms with Crippen LogP contribution < -0.4 is 0 Å². The van der Waals surface area contributed by atoms with Crippen LogP contribution in [0.5, 0.6) is 0 Å². The second-order valence-electron chi connectivity index (χ2n) is 12.7. The van der Waals surface area contributed by atoms with E-state index in [1.807, 2.05) is 49.5 Å². The van der Waals surface area contributed by atoms with Crippen molar-refractivity contribution in [1.29, 1.82) is 0 Å². The normalized spacial score (nSPS) is 13.2. The van der Waals surface area contributed by atoms with Crippen LogP contribution in [0.2, 0.25) is 0 Å². The molecule has 4 heteroatoms. The molecule has 9 aromatic rings. The molecule has 0 spiro atoms. The fourth-order valence-electron chi connectivity index (χ4n) is 7.49. The smallest absolute Gasteiger partial charge is 0.0662 e. The van der Waals surface area contributed by atoms with E-state index in [4.69, 9.17) is 4.99 Å². The molecule has 0 radical (unpaired) electrons. The number of para-hydroxylation sites is 2. The molecule has 0 atom stereocenters. The topological polar surface area (TPSA) is 22.2 Å². The summed E-state index contributed by atoms with van der Waals surface area (Å²) >= 11 is 1.90. The first-order chi connectivity index (χ1) is 24.6. The molecule has 0 saturated carbocycles. The number of allylic oxidation sites excluding steroid dienone is 5. The van der Waals surface area contributed by atoms with Gasteiger partial charge in [-0.2, -0.15) is 0 Å². The molecule has 0 aliphatic rings. The van der Waals surface area contributed by atoms with E-state index in [-0.39, 0.29) is 0 Å². The zero-order valence-electron chi connectivity index (χ0n) is 28.3. The predicted molar refractivity (Wildman–Crippen MR) is 219 cm³/mol. The molecular formula is C46H35N3S. The maximum absolute atomic E-state index is 4.92. The molecule has 9 rings (SSSR count). The minimum Gasteiger partial charge on any atom is -0.309 e. The highest BCUT2D eigenvalue weighted by atomic mass is 32.1. The second kappa shape index (κ2) is 12.2. The Morgan fingerprint density at radius 1 is 0.580 bits per heavy atom. The maximum Gasteiger partial charge on any atom is 0.0662 e. The monoisotopic (exact) mass is 661 g/mol. The van der Waals surface area contributed by atoms with Crippen LogP contribution in [0.1, 0.15) is 26.3 Å².